The van der Waals surface area contributed by atoms with E-state index in [0.717, 1.165) is 12.5 Å². The SMILES string of the molecule is CC(NC(=O)c1cc(C(F)(F)F)nc(C2(C#N)CC2)c1)c1ncnn1-c1ccc(OCC(F)(F)F)cn1. The zero-order valence-electron chi connectivity index (χ0n) is 18.9. The highest BCUT2D eigenvalue weighted by atomic mass is 19.4. The molecule has 3 aromatic rings. The molecule has 1 atom stereocenters. The standard InChI is InChI=1S/C22H17F6N7O2/c1-12(18-31-11-32-35(18)17-3-2-14(8-30-17)37-10-21(23,24)25)33-19(36)13-6-15(20(9-29)4-5-20)34-16(7-13)22(26,27)28/h2-3,6-8,11-12H,4-5,10H2,1H3,(H,33,36). The first-order chi connectivity index (χ1) is 17.3. The number of hydrogen-bond acceptors (Lipinski definition) is 7. The molecule has 1 aliphatic rings. The molecule has 37 heavy (non-hydrogen) atoms. The van der Waals surface area contributed by atoms with Crippen molar-refractivity contribution in [1.29, 1.82) is 5.26 Å². The van der Waals surface area contributed by atoms with E-state index in [-0.39, 0.29) is 28.6 Å². The first-order valence-electron chi connectivity index (χ1n) is 10.7. The van der Waals surface area contributed by atoms with Crippen LogP contribution in [0.2, 0.25) is 0 Å². The predicted octanol–water partition coefficient (Wildman–Crippen LogP) is 4.06. The van der Waals surface area contributed by atoms with Gasteiger partial charge in [-0.2, -0.15) is 41.4 Å². The lowest BCUT2D eigenvalue weighted by molar-refractivity contribution is -0.153. The number of ether oxygens (including phenoxy) is 1. The molecule has 1 unspecified atom stereocenters. The van der Waals surface area contributed by atoms with Crippen molar-refractivity contribution in [2.24, 2.45) is 0 Å². The number of pyridine rings is 2. The minimum absolute atomic E-state index is 0.122. The monoisotopic (exact) mass is 525 g/mol. The van der Waals surface area contributed by atoms with Crippen molar-refractivity contribution in [3.8, 4) is 17.6 Å². The van der Waals surface area contributed by atoms with E-state index in [0.29, 0.717) is 18.9 Å². The maximum Gasteiger partial charge on any atom is 0.433 e. The van der Waals surface area contributed by atoms with Crippen LogP contribution in [0.5, 0.6) is 5.75 Å². The molecule has 194 valence electrons. The van der Waals surface area contributed by atoms with Crippen LogP contribution in [0.4, 0.5) is 26.3 Å². The number of carbonyl (C=O) groups is 1. The van der Waals surface area contributed by atoms with E-state index in [1.54, 1.807) is 0 Å². The summed E-state index contributed by atoms with van der Waals surface area (Å²) in [5.74, 6) is -0.716. The highest BCUT2D eigenvalue weighted by Gasteiger charge is 2.48. The molecule has 1 fully saturated rings. The molecule has 0 aromatic carbocycles. The van der Waals surface area contributed by atoms with Crippen LogP contribution in [-0.4, -0.2) is 43.4 Å². The smallest absolute Gasteiger partial charge is 0.433 e. The fraction of sp³-hybridized carbons (Fsp3) is 0.364. The fourth-order valence-electron chi connectivity index (χ4n) is 3.42. The van der Waals surface area contributed by atoms with E-state index in [9.17, 15) is 36.4 Å². The first-order valence-corrected chi connectivity index (χ1v) is 10.7. The normalized spacial score (nSPS) is 15.5. The third kappa shape index (κ3) is 5.79. The van der Waals surface area contributed by atoms with Crippen molar-refractivity contribution < 1.29 is 35.9 Å². The van der Waals surface area contributed by atoms with Gasteiger partial charge in [0.25, 0.3) is 5.91 Å². The van der Waals surface area contributed by atoms with Crippen molar-refractivity contribution in [3.63, 3.8) is 0 Å². The Morgan fingerprint density at radius 2 is 1.95 bits per heavy atom. The van der Waals surface area contributed by atoms with Gasteiger partial charge >= 0.3 is 12.4 Å². The third-order valence-electron chi connectivity index (χ3n) is 5.48. The summed E-state index contributed by atoms with van der Waals surface area (Å²) in [7, 11) is 0. The van der Waals surface area contributed by atoms with Crippen molar-refractivity contribution in [1.82, 2.24) is 30.0 Å². The maximum absolute atomic E-state index is 13.4. The van der Waals surface area contributed by atoms with E-state index in [2.05, 4.69) is 30.1 Å². The predicted molar refractivity (Wildman–Crippen MR) is 112 cm³/mol. The van der Waals surface area contributed by atoms with Gasteiger partial charge in [-0.1, -0.05) is 0 Å². The molecule has 1 saturated carbocycles. The highest BCUT2D eigenvalue weighted by molar-refractivity contribution is 5.94. The second-order valence-corrected chi connectivity index (χ2v) is 8.30. The lowest BCUT2D eigenvalue weighted by atomic mass is 10.0. The highest BCUT2D eigenvalue weighted by Crippen LogP contribution is 2.47. The summed E-state index contributed by atoms with van der Waals surface area (Å²) in [5.41, 5.74) is -2.89. The molecular formula is C22H17F6N7O2. The van der Waals surface area contributed by atoms with Gasteiger partial charge in [0.15, 0.2) is 18.2 Å². The molecule has 1 aliphatic carbocycles. The summed E-state index contributed by atoms with van der Waals surface area (Å²) in [6.45, 7) is 0.0115. The average Bonchev–Trinajstić information content (AvgIpc) is 3.49. The van der Waals surface area contributed by atoms with E-state index in [1.807, 2.05) is 6.07 Å². The Morgan fingerprint density at radius 1 is 1.22 bits per heavy atom. The molecule has 0 spiro atoms. The number of halogens is 6. The second-order valence-electron chi connectivity index (χ2n) is 8.30. The van der Waals surface area contributed by atoms with E-state index >= 15 is 0 Å². The molecule has 0 saturated heterocycles. The lowest BCUT2D eigenvalue weighted by Crippen LogP contribution is -2.29. The number of amides is 1. The summed E-state index contributed by atoms with van der Waals surface area (Å²) < 4.78 is 83.0. The number of aromatic nitrogens is 5. The Balaban J connectivity index is 1.54. The number of carbonyl (C=O) groups excluding carboxylic acids is 1. The van der Waals surface area contributed by atoms with Crippen LogP contribution in [0.1, 0.15) is 53.4 Å². The number of hydrogen-bond donors (Lipinski definition) is 1. The summed E-state index contributed by atoms with van der Waals surface area (Å²) in [6, 6.07) is 5.41. The molecule has 3 heterocycles. The van der Waals surface area contributed by atoms with Crippen LogP contribution in [0, 0.1) is 11.3 Å². The summed E-state index contributed by atoms with van der Waals surface area (Å²) in [6.07, 6.45) is -6.48. The van der Waals surface area contributed by atoms with Gasteiger partial charge in [0.1, 0.15) is 17.8 Å². The van der Waals surface area contributed by atoms with Gasteiger partial charge in [-0.05, 0) is 44.0 Å². The molecule has 0 radical (unpaired) electrons. The first kappa shape index (κ1) is 25.9. The fourth-order valence-corrected chi connectivity index (χ4v) is 3.42. The molecule has 15 heteroatoms. The van der Waals surface area contributed by atoms with Crippen molar-refractivity contribution in [3.05, 3.63) is 59.6 Å². The summed E-state index contributed by atoms with van der Waals surface area (Å²) in [5, 5.41) is 15.9. The largest absolute Gasteiger partial charge is 0.483 e. The molecule has 1 N–H and O–H groups in total. The number of nitrogens with one attached hydrogen (secondary N) is 1. The Morgan fingerprint density at radius 3 is 2.51 bits per heavy atom. The maximum atomic E-state index is 13.4. The van der Waals surface area contributed by atoms with Crippen molar-refractivity contribution in [2.45, 2.75) is 43.6 Å². The molecule has 1 amide bonds. The second kappa shape index (κ2) is 9.34. The van der Waals surface area contributed by atoms with E-state index in [4.69, 9.17) is 0 Å². The van der Waals surface area contributed by atoms with Gasteiger partial charge in [-0.25, -0.2) is 15.0 Å². The van der Waals surface area contributed by atoms with Gasteiger partial charge in [0.05, 0.1) is 29.4 Å². The average molecular weight is 525 g/mol. The van der Waals surface area contributed by atoms with Gasteiger partial charge in [0.2, 0.25) is 0 Å². The van der Waals surface area contributed by atoms with Gasteiger partial charge in [-0.3, -0.25) is 4.79 Å². The molecule has 3 aromatic heterocycles. The quantitative estimate of drug-likeness (QED) is 0.462. The topological polar surface area (TPSA) is 119 Å². The number of alkyl halides is 6. The van der Waals surface area contributed by atoms with Crippen LogP contribution in [-0.2, 0) is 11.6 Å². The molecule has 0 aliphatic heterocycles. The van der Waals surface area contributed by atoms with E-state index in [1.165, 1.54) is 29.8 Å². The number of rotatable bonds is 7. The number of nitriles is 1. The van der Waals surface area contributed by atoms with Crippen molar-refractivity contribution in [2.75, 3.05) is 6.61 Å². The zero-order valence-corrected chi connectivity index (χ0v) is 18.9. The Labute approximate surface area is 205 Å². The molecule has 9 nitrogen and oxygen atoms in total. The van der Waals surface area contributed by atoms with Crippen LogP contribution in [0.25, 0.3) is 5.82 Å². The molecule has 4 rings (SSSR count). The van der Waals surface area contributed by atoms with Gasteiger partial charge < -0.3 is 10.1 Å². The third-order valence-corrected chi connectivity index (χ3v) is 5.48. The molecule has 0 bridgehead atoms. The van der Waals surface area contributed by atoms with Gasteiger partial charge in [-0.15, -0.1) is 0 Å². The number of nitrogens with zero attached hydrogens (tertiary/aromatic N) is 6. The van der Waals surface area contributed by atoms with Crippen LogP contribution < -0.4 is 10.1 Å². The van der Waals surface area contributed by atoms with Crippen LogP contribution >= 0.6 is 0 Å². The van der Waals surface area contributed by atoms with E-state index < -0.39 is 42.0 Å². The Hall–Kier alpha value is -4.22. The minimum atomic E-state index is -4.83. The summed E-state index contributed by atoms with van der Waals surface area (Å²) in [4.78, 5) is 24.5. The minimum Gasteiger partial charge on any atom is -0.483 e. The van der Waals surface area contributed by atoms with Crippen LogP contribution in [0.15, 0.2) is 36.8 Å². The summed E-state index contributed by atoms with van der Waals surface area (Å²) >= 11 is 0. The van der Waals surface area contributed by atoms with Gasteiger partial charge in [0, 0.05) is 5.56 Å². The Kier molecular flexibility index (Phi) is 6.53. The molecular weight excluding hydrogens is 508 g/mol. The van der Waals surface area contributed by atoms with Crippen LogP contribution in [0.3, 0.4) is 0 Å². The Bertz CT molecular complexity index is 1340. The zero-order chi connectivity index (χ0) is 27.0. The lowest BCUT2D eigenvalue weighted by Gasteiger charge is -2.17. The van der Waals surface area contributed by atoms with Crippen molar-refractivity contribution >= 4 is 5.91 Å².